The van der Waals surface area contributed by atoms with Crippen LogP contribution in [0.1, 0.15) is 78.9 Å². The first-order chi connectivity index (χ1) is 18.8. The molecule has 0 spiro atoms. The molecule has 0 radical (unpaired) electrons. The van der Waals surface area contributed by atoms with Crippen LogP contribution in [0.5, 0.6) is 0 Å². The van der Waals surface area contributed by atoms with Crippen LogP contribution in [0.4, 0.5) is 10.7 Å². The monoisotopic (exact) mass is 547 g/mol. The van der Waals surface area contributed by atoms with Crippen molar-refractivity contribution in [3.63, 3.8) is 0 Å². The highest BCUT2D eigenvalue weighted by Crippen LogP contribution is 2.34. The molecule has 1 aromatic heterocycles. The van der Waals surface area contributed by atoms with Gasteiger partial charge in [0.2, 0.25) is 5.91 Å². The molecule has 1 aliphatic rings. The lowest BCUT2D eigenvalue weighted by Crippen LogP contribution is -2.30. The summed E-state index contributed by atoms with van der Waals surface area (Å²) < 4.78 is 5.17. The number of para-hydroxylation sites is 1. The number of thiophene rings is 1. The lowest BCUT2D eigenvalue weighted by Gasteiger charge is -2.13. The normalized spacial score (nSPS) is 12.3. The number of esters is 1. The van der Waals surface area contributed by atoms with Crippen molar-refractivity contribution in [2.75, 3.05) is 23.8 Å². The molecule has 0 unspecified atom stereocenters. The molecule has 0 saturated heterocycles. The van der Waals surface area contributed by atoms with Crippen molar-refractivity contribution >= 4 is 51.6 Å². The predicted octanol–water partition coefficient (Wildman–Crippen LogP) is 5.28. The molecular weight excluding hydrogens is 518 g/mol. The van der Waals surface area contributed by atoms with E-state index >= 15 is 0 Å². The summed E-state index contributed by atoms with van der Waals surface area (Å²) in [6.07, 6.45) is 1.89. The summed E-state index contributed by atoms with van der Waals surface area (Å²) in [5.41, 5.74) is 2.05. The first-order valence-electron chi connectivity index (χ1n) is 12.7. The SMILES string of the molecule is CCOC(=O)c1c(NC(=O)CCCCCN2C(=O)c3ccccc3C2=O)sc(C(=O)Nc2ccccc2)c1C. The first kappa shape index (κ1) is 27.7. The maximum atomic E-state index is 12.9. The smallest absolute Gasteiger partial charge is 0.341 e. The zero-order chi connectivity index (χ0) is 27.9. The van der Waals surface area contributed by atoms with Gasteiger partial charge in [0.25, 0.3) is 17.7 Å². The van der Waals surface area contributed by atoms with E-state index in [-0.39, 0.29) is 53.8 Å². The fourth-order valence-corrected chi connectivity index (χ4v) is 5.45. The Kier molecular flexibility index (Phi) is 8.88. The molecule has 0 atom stereocenters. The summed E-state index contributed by atoms with van der Waals surface area (Å²) in [5, 5.41) is 5.83. The van der Waals surface area contributed by atoms with E-state index in [1.807, 2.05) is 6.07 Å². The van der Waals surface area contributed by atoms with Crippen molar-refractivity contribution in [3.8, 4) is 0 Å². The molecule has 10 heteroatoms. The molecule has 4 rings (SSSR count). The van der Waals surface area contributed by atoms with E-state index in [9.17, 15) is 24.0 Å². The number of nitrogens with one attached hydrogen (secondary N) is 2. The summed E-state index contributed by atoms with van der Waals surface area (Å²) in [6.45, 7) is 3.77. The van der Waals surface area contributed by atoms with Gasteiger partial charge in [0.1, 0.15) is 5.00 Å². The number of imide groups is 1. The van der Waals surface area contributed by atoms with E-state index in [2.05, 4.69) is 10.6 Å². The lowest BCUT2D eigenvalue weighted by atomic mass is 10.1. The number of nitrogens with zero attached hydrogens (tertiary/aromatic N) is 1. The molecule has 202 valence electrons. The van der Waals surface area contributed by atoms with Gasteiger partial charge in [0.05, 0.1) is 28.2 Å². The van der Waals surface area contributed by atoms with Crippen LogP contribution < -0.4 is 10.6 Å². The number of hydrogen-bond donors (Lipinski definition) is 2. The standard InChI is InChI=1S/C29H29N3O6S/c1-3-38-29(37)23-18(2)24(25(34)30-19-12-6-4-7-13-19)39-26(23)31-22(33)16-8-5-11-17-32-27(35)20-14-9-10-15-21(20)28(32)36/h4,6-7,9-10,12-15H,3,5,8,11,16-17H2,1-2H3,(H,30,34)(H,31,33). The molecule has 2 heterocycles. The Morgan fingerprint density at radius 3 is 2.15 bits per heavy atom. The lowest BCUT2D eigenvalue weighted by molar-refractivity contribution is -0.116. The Morgan fingerprint density at radius 2 is 1.51 bits per heavy atom. The first-order valence-corrected chi connectivity index (χ1v) is 13.6. The number of fused-ring (bicyclic) bond motifs is 1. The molecule has 0 bridgehead atoms. The second-order valence-corrected chi connectivity index (χ2v) is 9.99. The minimum absolute atomic E-state index is 0.153. The Labute approximate surface area is 230 Å². The van der Waals surface area contributed by atoms with Crippen LogP contribution in [-0.4, -0.2) is 47.6 Å². The number of carbonyl (C=O) groups excluding carboxylic acids is 5. The average molecular weight is 548 g/mol. The van der Waals surface area contributed by atoms with Crippen LogP contribution in [0.2, 0.25) is 0 Å². The molecule has 9 nitrogen and oxygen atoms in total. The third kappa shape index (κ3) is 6.23. The Bertz CT molecular complexity index is 1380. The summed E-state index contributed by atoms with van der Waals surface area (Å²) in [4.78, 5) is 64.8. The number of carbonyl (C=O) groups is 5. The maximum absolute atomic E-state index is 12.9. The number of rotatable bonds is 11. The van der Waals surface area contributed by atoms with E-state index in [1.165, 1.54) is 4.90 Å². The minimum atomic E-state index is -0.610. The molecule has 0 fully saturated rings. The van der Waals surface area contributed by atoms with Gasteiger partial charge in [-0.15, -0.1) is 11.3 Å². The van der Waals surface area contributed by atoms with Crippen LogP contribution in [0.15, 0.2) is 54.6 Å². The highest BCUT2D eigenvalue weighted by molar-refractivity contribution is 7.19. The topological polar surface area (TPSA) is 122 Å². The Balaban J connectivity index is 1.33. The molecule has 2 N–H and O–H groups in total. The van der Waals surface area contributed by atoms with Crippen LogP contribution in [0.25, 0.3) is 0 Å². The van der Waals surface area contributed by atoms with Gasteiger partial charge in [0.15, 0.2) is 0 Å². The zero-order valence-corrected chi connectivity index (χ0v) is 22.6. The summed E-state index contributed by atoms with van der Waals surface area (Å²) in [7, 11) is 0. The van der Waals surface area contributed by atoms with Gasteiger partial charge in [0, 0.05) is 18.7 Å². The van der Waals surface area contributed by atoms with Gasteiger partial charge in [-0.25, -0.2) is 4.79 Å². The fraction of sp³-hybridized carbons (Fsp3) is 0.276. The maximum Gasteiger partial charge on any atom is 0.341 e. The van der Waals surface area contributed by atoms with Gasteiger partial charge in [-0.3, -0.25) is 24.1 Å². The molecule has 0 saturated carbocycles. The number of hydrogen-bond acceptors (Lipinski definition) is 7. The van der Waals surface area contributed by atoms with Gasteiger partial charge < -0.3 is 15.4 Å². The highest BCUT2D eigenvalue weighted by atomic mass is 32.1. The van der Waals surface area contributed by atoms with E-state index in [0.717, 1.165) is 11.3 Å². The number of amides is 4. The van der Waals surface area contributed by atoms with Crippen LogP contribution in [0, 0.1) is 6.92 Å². The molecule has 0 aliphatic carbocycles. The molecule has 1 aliphatic heterocycles. The average Bonchev–Trinajstić information content (AvgIpc) is 3.37. The summed E-state index contributed by atoms with van der Waals surface area (Å²) in [5.74, 6) is -1.89. The van der Waals surface area contributed by atoms with Crippen molar-refractivity contribution in [2.24, 2.45) is 0 Å². The number of benzene rings is 2. The van der Waals surface area contributed by atoms with Crippen molar-refractivity contribution in [2.45, 2.75) is 39.5 Å². The van der Waals surface area contributed by atoms with Crippen LogP contribution >= 0.6 is 11.3 Å². The molecular formula is C29H29N3O6S. The van der Waals surface area contributed by atoms with Gasteiger partial charge in [-0.1, -0.05) is 36.8 Å². The van der Waals surface area contributed by atoms with Crippen molar-refractivity contribution in [1.29, 1.82) is 0 Å². The van der Waals surface area contributed by atoms with E-state index in [4.69, 9.17) is 4.74 Å². The van der Waals surface area contributed by atoms with E-state index in [0.29, 0.717) is 46.5 Å². The largest absolute Gasteiger partial charge is 0.462 e. The number of ether oxygens (including phenoxy) is 1. The Hall–Kier alpha value is -4.31. The van der Waals surface area contributed by atoms with Crippen molar-refractivity contribution < 1.29 is 28.7 Å². The zero-order valence-electron chi connectivity index (χ0n) is 21.7. The quantitative estimate of drug-likeness (QED) is 0.191. The third-order valence-corrected chi connectivity index (χ3v) is 7.49. The second-order valence-electron chi connectivity index (χ2n) is 8.97. The number of unbranched alkanes of at least 4 members (excludes halogenated alkanes) is 2. The van der Waals surface area contributed by atoms with E-state index in [1.54, 1.807) is 62.4 Å². The number of anilines is 2. The molecule has 4 amide bonds. The molecule has 2 aromatic carbocycles. The summed E-state index contributed by atoms with van der Waals surface area (Å²) >= 11 is 1.02. The highest BCUT2D eigenvalue weighted by Gasteiger charge is 2.34. The predicted molar refractivity (Wildman–Crippen MR) is 148 cm³/mol. The molecule has 39 heavy (non-hydrogen) atoms. The van der Waals surface area contributed by atoms with Gasteiger partial charge in [-0.05, 0) is 56.5 Å². The van der Waals surface area contributed by atoms with Gasteiger partial charge >= 0.3 is 5.97 Å². The van der Waals surface area contributed by atoms with Crippen molar-refractivity contribution in [1.82, 2.24) is 4.90 Å². The van der Waals surface area contributed by atoms with Crippen molar-refractivity contribution in [3.05, 3.63) is 81.7 Å². The Morgan fingerprint density at radius 1 is 0.872 bits per heavy atom. The fourth-order valence-electron chi connectivity index (χ4n) is 4.34. The second kappa shape index (κ2) is 12.5. The molecule has 3 aromatic rings. The third-order valence-electron chi connectivity index (χ3n) is 6.28. The van der Waals surface area contributed by atoms with Crippen LogP contribution in [0.3, 0.4) is 0 Å². The minimum Gasteiger partial charge on any atom is -0.462 e. The van der Waals surface area contributed by atoms with Gasteiger partial charge in [-0.2, -0.15) is 0 Å². The van der Waals surface area contributed by atoms with E-state index < -0.39 is 5.97 Å². The summed E-state index contributed by atoms with van der Waals surface area (Å²) in [6, 6.07) is 15.7. The van der Waals surface area contributed by atoms with Crippen LogP contribution in [-0.2, 0) is 9.53 Å².